The van der Waals surface area contributed by atoms with Gasteiger partial charge in [0.2, 0.25) is 11.8 Å². The second-order valence-electron chi connectivity index (χ2n) is 8.20. The minimum absolute atomic E-state index is 0.113. The van der Waals surface area contributed by atoms with E-state index in [-0.39, 0.29) is 36.5 Å². The lowest BCUT2D eigenvalue weighted by Crippen LogP contribution is -2.50. The molecule has 2 aromatic rings. The van der Waals surface area contributed by atoms with Crippen molar-refractivity contribution in [2.45, 2.75) is 64.1 Å². The Morgan fingerprint density at radius 1 is 1.09 bits per heavy atom. The SMILES string of the molecule is CC(C(=O)NC1CCCCC1)N(Cc1ccccc1Cl)C(=O)Cc1ccccc1[N+](=O)[O-]. The summed E-state index contributed by atoms with van der Waals surface area (Å²) in [7, 11) is 0. The van der Waals surface area contributed by atoms with Crippen LogP contribution in [-0.4, -0.2) is 33.7 Å². The van der Waals surface area contributed by atoms with Gasteiger partial charge in [-0.3, -0.25) is 19.7 Å². The molecule has 0 aliphatic heterocycles. The van der Waals surface area contributed by atoms with E-state index in [9.17, 15) is 19.7 Å². The number of hydrogen-bond donors (Lipinski definition) is 1. The Balaban J connectivity index is 1.82. The molecular weight excluding hydrogens is 430 g/mol. The predicted molar refractivity (Wildman–Crippen MR) is 123 cm³/mol. The summed E-state index contributed by atoms with van der Waals surface area (Å²) >= 11 is 6.31. The first-order valence-corrected chi connectivity index (χ1v) is 11.3. The molecular formula is C24H28ClN3O4. The molecule has 3 rings (SSSR count). The molecule has 0 saturated heterocycles. The summed E-state index contributed by atoms with van der Waals surface area (Å²) < 4.78 is 0. The highest BCUT2D eigenvalue weighted by Crippen LogP contribution is 2.23. The van der Waals surface area contributed by atoms with Gasteiger partial charge < -0.3 is 10.2 Å². The van der Waals surface area contributed by atoms with Gasteiger partial charge in [-0.2, -0.15) is 0 Å². The average Bonchev–Trinajstić information content (AvgIpc) is 2.79. The standard InChI is InChI=1S/C24H28ClN3O4/c1-17(24(30)26-20-11-3-2-4-12-20)27(16-19-10-5-7-13-21(19)25)23(29)15-18-9-6-8-14-22(18)28(31)32/h5-10,13-14,17,20H,2-4,11-12,15-16H2,1H3,(H,26,30). The number of carbonyl (C=O) groups is 2. The van der Waals surface area contributed by atoms with Crippen molar-refractivity contribution in [1.29, 1.82) is 0 Å². The Hall–Kier alpha value is -2.93. The number of nitrogens with zero attached hydrogens (tertiary/aromatic N) is 2. The fraction of sp³-hybridized carbons (Fsp3) is 0.417. The molecule has 0 spiro atoms. The summed E-state index contributed by atoms with van der Waals surface area (Å²) in [6, 6.07) is 12.7. The quantitative estimate of drug-likeness (QED) is 0.461. The van der Waals surface area contributed by atoms with Crippen molar-refractivity contribution in [2.24, 2.45) is 0 Å². The number of nitrogens with one attached hydrogen (secondary N) is 1. The number of rotatable bonds is 8. The molecule has 1 unspecified atom stereocenters. The maximum absolute atomic E-state index is 13.3. The van der Waals surface area contributed by atoms with Crippen LogP contribution >= 0.6 is 11.6 Å². The van der Waals surface area contributed by atoms with E-state index in [0.29, 0.717) is 16.1 Å². The number of carbonyl (C=O) groups excluding carboxylic acids is 2. The summed E-state index contributed by atoms with van der Waals surface area (Å²) in [5.74, 6) is -0.592. The van der Waals surface area contributed by atoms with Gasteiger partial charge in [0.1, 0.15) is 6.04 Å². The van der Waals surface area contributed by atoms with Crippen LogP contribution in [0.1, 0.15) is 50.2 Å². The van der Waals surface area contributed by atoms with Crippen molar-refractivity contribution >= 4 is 29.1 Å². The molecule has 2 aromatic carbocycles. The lowest BCUT2D eigenvalue weighted by molar-refractivity contribution is -0.385. The topological polar surface area (TPSA) is 92.6 Å². The minimum atomic E-state index is -0.747. The van der Waals surface area contributed by atoms with Crippen LogP contribution in [0.4, 0.5) is 5.69 Å². The highest BCUT2D eigenvalue weighted by molar-refractivity contribution is 6.31. The molecule has 1 fully saturated rings. The van der Waals surface area contributed by atoms with E-state index in [0.717, 1.165) is 25.7 Å². The number of halogens is 1. The zero-order valence-electron chi connectivity index (χ0n) is 18.1. The van der Waals surface area contributed by atoms with Crippen LogP contribution in [0, 0.1) is 10.1 Å². The largest absolute Gasteiger partial charge is 0.352 e. The molecule has 1 atom stereocenters. The van der Waals surface area contributed by atoms with E-state index in [4.69, 9.17) is 11.6 Å². The number of hydrogen-bond acceptors (Lipinski definition) is 4. The number of benzene rings is 2. The molecule has 1 aliphatic carbocycles. The summed E-state index contributed by atoms with van der Waals surface area (Å²) in [5.41, 5.74) is 0.909. The highest BCUT2D eigenvalue weighted by Gasteiger charge is 2.29. The summed E-state index contributed by atoms with van der Waals surface area (Å²) in [6.45, 7) is 1.82. The van der Waals surface area contributed by atoms with Gasteiger partial charge in [-0.15, -0.1) is 0 Å². The summed E-state index contributed by atoms with van der Waals surface area (Å²) in [6.07, 6.45) is 5.04. The van der Waals surface area contributed by atoms with E-state index in [2.05, 4.69) is 5.32 Å². The molecule has 0 bridgehead atoms. The van der Waals surface area contributed by atoms with Gasteiger partial charge >= 0.3 is 0 Å². The van der Waals surface area contributed by atoms with Crippen molar-refractivity contribution in [1.82, 2.24) is 10.2 Å². The fourth-order valence-electron chi connectivity index (χ4n) is 4.06. The first-order chi connectivity index (χ1) is 15.4. The van der Waals surface area contributed by atoms with Gasteiger partial charge in [0.25, 0.3) is 5.69 Å². The van der Waals surface area contributed by atoms with Crippen LogP contribution in [0.2, 0.25) is 5.02 Å². The number of para-hydroxylation sites is 1. The lowest BCUT2D eigenvalue weighted by Gasteiger charge is -2.31. The first kappa shape index (κ1) is 23.7. The van der Waals surface area contributed by atoms with Crippen LogP contribution in [-0.2, 0) is 22.6 Å². The van der Waals surface area contributed by atoms with E-state index in [1.165, 1.54) is 17.4 Å². The van der Waals surface area contributed by atoms with Crippen LogP contribution < -0.4 is 5.32 Å². The minimum Gasteiger partial charge on any atom is -0.352 e. The Morgan fingerprint density at radius 3 is 2.38 bits per heavy atom. The van der Waals surface area contributed by atoms with Crippen LogP contribution in [0.3, 0.4) is 0 Å². The van der Waals surface area contributed by atoms with Gasteiger partial charge in [-0.25, -0.2) is 0 Å². The number of nitro groups is 1. The van der Waals surface area contributed by atoms with E-state index in [1.54, 1.807) is 43.3 Å². The van der Waals surface area contributed by atoms with Crippen LogP contribution in [0.5, 0.6) is 0 Å². The fourth-order valence-corrected chi connectivity index (χ4v) is 4.26. The zero-order valence-corrected chi connectivity index (χ0v) is 18.9. The molecule has 0 aromatic heterocycles. The second-order valence-corrected chi connectivity index (χ2v) is 8.60. The smallest absolute Gasteiger partial charge is 0.273 e. The monoisotopic (exact) mass is 457 g/mol. The average molecular weight is 458 g/mol. The summed E-state index contributed by atoms with van der Waals surface area (Å²) in [5, 5.41) is 14.9. The highest BCUT2D eigenvalue weighted by atomic mass is 35.5. The van der Waals surface area contributed by atoms with Gasteiger partial charge in [0.05, 0.1) is 11.3 Å². The van der Waals surface area contributed by atoms with Crippen molar-refractivity contribution in [3.8, 4) is 0 Å². The Kier molecular flexibility index (Phi) is 8.22. The van der Waals surface area contributed by atoms with Gasteiger partial charge in [-0.1, -0.05) is 67.3 Å². The molecule has 1 aliphatic rings. The Bertz CT molecular complexity index is 975. The van der Waals surface area contributed by atoms with Gasteiger partial charge in [0.15, 0.2) is 0 Å². The third-order valence-corrected chi connectivity index (χ3v) is 6.32. The van der Waals surface area contributed by atoms with Crippen LogP contribution in [0.25, 0.3) is 0 Å². The maximum Gasteiger partial charge on any atom is 0.273 e. The van der Waals surface area contributed by atoms with Crippen molar-refractivity contribution in [3.05, 3.63) is 74.8 Å². The van der Waals surface area contributed by atoms with Crippen molar-refractivity contribution in [3.63, 3.8) is 0 Å². The molecule has 8 heteroatoms. The Labute approximate surface area is 192 Å². The number of amides is 2. The van der Waals surface area contributed by atoms with Crippen molar-refractivity contribution in [2.75, 3.05) is 0 Å². The second kappa shape index (κ2) is 11.1. The summed E-state index contributed by atoms with van der Waals surface area (Å²) in [4.78, 5) is 38.7. The molecule has 32 heavy (non-hydrogen) atoms. The van der Waals surface area contributed by atoms with Gasteiger partial charge in [-0.05, 0) is 31.4 Å². The van der Waals surface area contributed by atoms with Crippen molar-refractivity contribution < 1.29 is 14.5 Å². The molecule has 7 nitrogen and oxygen atoms in total. The van der Waals surface area contributed by atoms with E-state index < -0.39 is 11.0 Å². The third-order valence-electron chi connectivity index (χ3n) is 5.95. The molecule has 0 heterocycles. The predicted octanol–water partition coefficient (Wildman–Crippen LogP) is 4.66. The molecule has 1 saturated carbocycles. The van der Waals surface area contributed by atoms with E-state index in [1.807, 2.05) is 6.07 Å². The molecule has 1 N–H and O–H groups in total. The molecule has 170 valence electrons. The molecule has 2 amide bonds. The third kappa shape index (κ3) is 6.07. The first-order valence-electron chi connectivity index (χ1n) is 10.9. The van der Waals surface area contributed by atoms with E-state index >= 15 is 0 Å². The number of nitro benzene ring substituents is 1. The van der Waals surface area contributed by atoms with Gasteiger partial charge in [0, 0.05) is 29.2 Å². The normalized spacial score (nSPS) is 15.1. The van der Waals surface area contributed by atoms with Crippen LogP contribution in [0.15, 0.2) is 48.5 Å². The Morgan fingerprint density at radius 2 is 1.72 bits per heavy atom. The zero-order chi connectivity index (χ0) is 23.1. The maximum atomic E-state index is 13.3. The molecule has 0 radical (unpaired) electrons. The lowest BCUT2D eigenvalue weighted by atomic mass is 9.95.